The first-order chi connectivity index (χ1) is 7.22. The van der Waals surface area contributed by atoms with Crippen LogP contribution in [-0.2, 0) is 6.61 Å². The van der Waals surface area contributed by atoms with E-state index in [1.54, 1.807) is 10.9 Å². The minimum atomic E-state index is -0.0938. The van der Waals surface area contributed by atoms with E-state index in [4.69, 9.17) is 5.11 Å². The summed E-state index contributed by atoms with van der Waals surface area (Å²) in [6.45, 7) is 1.92. The van der Waals surface area contributed by atoms with Crippen molar-refractivity contribution in [3.63, 3.8) is 0 Å². The van der Waals surface area contributed by atoms with Crippen molar-refractivity contribution in [2.24, 2.45) is 0 Å². The molecule has 4 nitrogen and oxygen atoms in total. The van der Waals surface area contributed by atoms with Gasteiger partial charge in [0.15, 0.2) is 0 Å². The summed E-state index contributed by atoms with van der Waals surface area (Å²) >= 11 is 3.50. The molecule has 0 saturated carbocycles. The molecule has 0 fully saturated rings. The van der Waals surface area contributed by atoms with Crippen LogP contribution < -0.4 is 0 Å². The highest BCUT2D eigenvalue weighted by atomic mass is 79.9. The molecule has 0 aliphatic rings. The molecular formula is C10H10BrN3O. The standard InChI is InChI=1S/C10H10BrN3O/c1-7-3-2-4-9(10(7)11)14-5-8(6-15)12-13-14/h2-5,15H,6H2,1H3. The van der Waals surface area contributed by atoms with Crippen molar-refractivity contribution in [1.82, 2.24) is 15.0 Å². The van der Waals surface area contributed by atoms with E-state index in [2.05, 4.69) is 26.2 Å². The summed E-state index contributed by atoms with van der Waals surface area (Å²) < 4.78 is 2.63. The predicted molar refractivity (Wildman–Crippen MR) is 59.7 cm³/mol. The molecule has 0 radical (unpaired) electrons. The molecule has 0 unspecified atom stereocenters. The molecule has 1 aromatic carbocycles. The Morgan fingerprint density at radius 1 is 1.47 bits per heavy atom. The lowest BCUT2D eigenvalue weighted by Gasteiger charge is -2.05. The molecule has 0 spiro atoms. The third-order valence-electron chi connectivity index (χ3n) is 2.12. The Hall–Kier alpha value is -1.20. The molecule has 0 saturated heterocycles. The fourth-order valence-corrected chi connectivity index (χ4v) is 1.74. The van der Waals surface area contributed by atoms with Gasteiger partial charge in [0, 0.05) is 4.47 Å². The van der Waals surface area contributed by atoms with E-state index in [9.17, 15) is 0 Å². The fourth-order valence-electron chi connectivity index (χ4n) is 1.30. The quantitative estimate of drug-likeness (QED) is 0.904. The topological polar surface area (TPSA) is 50.9 Å². The smallest absolute Gasteiger partial charge is 0.109 e. The molecule has 0 aliphatic carbocycles. The average molecular weight is 268 g/mol. The summed E-state index contributed by atoms with van der Waals surface area (Å²) in [6.07, 6.45) is 1.71. The third-order valence-corrected chi connectivity index (χ3v) is 3.15. The second-order valence-corrected chi connectivity index (χ2v) is 4.01. The van der Waals surface area contributed by atoms with Crippen LogP contribution in [0, 0.1) is 6.92 Å². The summed E-state index contributed by atoms with van der Waals surface area (Å²) in [5.74, 6) is 0. The van der Waals surface area contributed by atoms with Gasteiger partial charge in [0.05, 0.1) is 18.5 Å². The van der Waals surface area contributed by atoms with Gasteiger partial charge in [-0.25, -0.2) is 4.68 Å². The Labute approximate surface area is 95.7 Å². The second-order valence-electron chi connectivity index (χ2n) is 3.22. The zero-order valence-corrected chi connectivity index (χ0v) is 9.77. The van der Waals surface area contributed by atoms with Crippen molar-refractivity contribution in [3.05, 3.63) is 40.1 Å². The van der Waals surface area contributed by atoms with Crippen LogP contribution >= 0.6 is 15.9 Å². The molecule has 0 atom stereocenters. The van der Waals surface area contributed by atoms with Gasteiger partial charge < -0.3 is 5.11 Å². The van der Waals surface area contributed by atoms with Crippen molar-refractivity contribution >= 4 is 15.9 Å². The Bertz CT molecular complexity index is 481. The van der Waals surface area contributed by atoms with Gasteiger partial charge in [-0.1, -0.05) is 17.3 Å². The molecule has 78 valence electrons. The van der Waals surface area contributed by atoms with Crippen molar-refractivity contribution in [2.75, 3.05) is 0 Å². The number of aliphatic hydroxyl groups is 1. The fraction of sp³-hybridized carbons (Fsp3) is 0.200. The molecule has 0 bridgehead atoms. The highest BCUT2D eigenvalue weighted by molar-refractivity contribution is 9.10. The van der Waals surface area contributed by atoms with E-state index in [0.717, 1.165) is 15.7 Å². The molecule has 0 aliphatic heterocycles. The van der Waals surface area contributed by atoms with Crippen LogP contribution in [0.2, 0.25) is 0 Å². The maximum atomic E-state index is 8.89. The highest BCUT2D eigenvalue weighted by Gasteiger charge is 2.06. The molecular weight excluding hydrogens is 258 g/mol. The summed E-state index contributed by atoms with van der Waals surface area (Å²) in [6, 6.07) is 5.90. The van der Waals surface area contributed by atoms with Gasteiger partial charge in [0.1, 0.15) is 5.69 Å². The molecule has 2 aromatic rings. The highest BCUT2D eigenvalue weighted by Crippen LogP contribution is 2.23. The monoisotopic (exact) mass is 267 g/mol. The second kappa shape index (κ2) is 4.12. The largest absolute Gasteiger partial charge is 0.390 e. The van der Waals surface area contributed by atoms with Gasteiger partial charge in [-0.15, -0.1) is 5.10 Å². The molecule has 1 N–H and O–H groups in total. The lowest BCUT2D eigenvalue weighted by Crippen LogP contribution is -1.97. The van der Waals surface area contributed by atoms with Gasteiger partial charge in [0.25, 0.3) is 0 Å². The number of hydrogen-bond acceptors (Lipinski definition) is 3. The lowest BCUT2D eigenvalue weighted by atomic mass is 10.2. The third kappa shape index (κ3) is 1.93. The average Bonchev–Trinajstić information content (AvgIpc) is 2.70. The first-order valence-corrected chi connectivity index (χ1v) is 5.29. The molecule has 15 heavy (non-hydrogen) atoms. The Morgan fingerprint density at radius 2 is 2.27 bits per heavy atom. The number of aryl methyl sites for hydroxylation is 1. The van der Waals surface area contributed by atoms with Crippen LogP contribution in [0.1, 0.15) is 11.3 Å². The number of hydrogen-bond donors (Lipinski definition) is 1. The lowest BCUT2D eigenvalue weighted by molar-refractivity contribution is 0.276. The zero-order chi connectivity index (χ0) is 10.8. The molecule has 1 heterocycles. The van der Waals surface area contributed by atoms with Crippen LogP contribution in [0.15, 0.2) is 28.9 Å². The Morgan fingerprint density at radius 3 is 2.93 bits per heavy atom. The van der Waals surface area contributed by atoms with Crippen LogP contribution in [0.25, 0.3) is 5.69 Å². The Kier molecular flexibility index (Phi) is 2.83. The van der Waals surface area contributed by atoms with E-state index in [1.807, 2.05) is 25.1 Å². The maximum absolute atomic E-state index is 8.89. The SMILES string of the molecule is Cc1cccc(-n2cc(CO)nn2)c1Br. The van der Waals surface area contributed by atoms with Crippen molar-refractivity contribution in [1.29, 1.82) is 0 Å². The minimum Gasteiger partial charge on any atom is -0.390 e. The van der Waals surface area contributed by atoms with Crippen LogP contribution in [-0.4, -0.2) is 20.1 Å². The van der Waals surface area contributed by atoms with E-state index < -0.39 is 0 Å². The summed E-state index contributed by atoms with van der Waals surface area (Å²) in [4.78, 5) is 0. The molecule has 1 aromatic heterocycles. The minimum absolute atomic E-state index is 0.0938. The zero-order valence-electron chi connectivity index (χ0n) is 8.18. The number of nitrogens with zero attached hydrogens (tertiary/aromatic N) is 3. The van der Waals surface area contributed by atoms with Gasteiger partial charge in [-0.3, -0.25) is 0 Å². The van der Waals surface area contributed by atoms with Gasteiger partial charge >= 0.3 is 0 Å². The van der Waals surface area contributed by atoms with Crippen LogP contribution in [0.3, 0.4) is 0 Å². The maximum Gasteiger partial charge on any atom is 0.109 e. The van der Waals surface area contributed by atoms with Crippen LogP contribution in [0.4, 0.5) is 0 Å². The summed E-state index contributed by atoms with van der Waals surface area (Å²) in [5.41, 5.74) is 2.61. The van der Waals surface area contributed by atoms with Crippen molar-refractivity contribution in [3.8, 4) is 5.69 Å². The predicted octanol–water partition coefficient (Wildman–Crippen LogP) is 1.83. The number of benzene rings is 1. The Balaban J connectivity index is 2.49. The molecule has 2 rings (SSSR count). The first-order valence-electron chi connectivity index (χ1n) is 4.50. The summed E-state index contributed by atoms with van der Waals surface area (Å²) in [5, 5.41) is 16.7. The van der Waals surface area contributed by atoms with Crippen molar-refractivity contribution < 1.29 is 5.11 Å². The normalized spacial score (nSPS) is 10.6. The van der Waals surface area contributed by atoms with Crippen LogP contribution in [0.5, 0.6) is 0 Å². The number of aliphatic hydroxyl groups excluding tert-OH is 1. The van der Waals surface area contributed by atoms with Gasteiger partial charge in [-0.2, -0.15) is 0 Å². The van der Waals surface area contributed by atoms with E-state index in [1.165, 1.54) is 0 Å². The van der Waals surface area contributed by atoms with E-state index in [0.29, 0.717) is 5.69 Å². The van der Waals surface area contributed by atoms with Gasteiger partial charge in [0.2, 0.25) is 0 Å². The molecule has 5 heteroatoms. The molecule has 0 amide bonds. The van der Waals surface area contributed by atoms with Crippen molar-refractivity contribution in [2.45, 2.75) is 13.5 Å². The number of halogens is 1. The van der Waals surface area contributed by atoms with Gasteiger partial charge in [-0.05, 0) is 34.5 Å². The number of aromatic nitrogens is 3. The van der Waals surface area contributed by atoms with E-state index >= 15 is 0 Å². The number of rotatable bonds is 2. The summed E-state index contributed by atoms with van der Waals surface area (Å²) in [7, 11) is 0. The van der Waals surface area contributed by atoms with E-state index in [-0.39, 0.29) is 6.61 Å². The first kappa shape index (κ1) is 10.3.